The molecular weight excluding hydrogens is 461 g/mol. The summed E-state index contributed by atoms with van der Waals surface area (Å²) in [6, 6.07) is 18.3. The first-order valence-electron chi connectivity index (χ1n) is 8.83. The van der Waals surface area contributed by atoms with E-state index >= 15 is 0 Å². The summed E-state index contributed by atoms with van der Waals surface area (Å²) in [5, 5.41) is 17.6. The molecule has 31 heavy (non-hydrogen) atoms. The van der Waals surface area contributed by atoms with Gasteiger partial charge in [0.2, 0.25) is 14.9 Å². The molecule has 4 rings (SSSR count). The van der Waals surface area contributed by atoms with Gasteiger partial charge in [-0.2, -0.15) is 0 Å². The highest BCUT2D eigenvalue weighted by molar-refractivity contribution is 7.91. The number of sulfone groups is 1. The van der Waals surface area contributed by atoms with Gasteiger partial charge in [0.1, 0.15) is 5.69 Å². The Morgan fingerprint density at radius 3 is 2.19 bits per heavy atom. The average molecular weight is 474 g/mol. The summed E-state index contributed by atoms with van der Waals surface area (Å²) in [5.41, 5.74) is 1.25. The van der Waals surface area contributed by atoms with Gasteiger partial charge in [-0.25, -0.2) is 17.9 Å². The average Bonchev–Trinajstić information content (AvgIpc) is 3.20. The molecule has 0 amide bonds. The zero-order valence-corrected chi connectivity index (χ0v) is 17.9. The molecule has 0 aliphatic heterocycles. The summed E-state index contributed by atoms with van der Waals surface area (Å²) in [5.74, 6) is -1.08. The molecule has 0 saturated carbocycles. The first-order valence-corrected chi connectivity index (χ1v) is 11.1. The van der Waals surface area contributed by atoms with Crippen LogP contribution in [-0.2, 0) is 9.84 Å². The van der Waals surface area contributed by atoms with Crippen LogP contribution >= 0.6 is 23.2 Å². The number of hydrogen-bond acceptors (Lipinski definition) is 5. The van der Waals surface area contributed by atoms with Crippen LogP contribution in [0.15, 0.2) is 82.7 Å². The van der Waals surface area contributed by atoms with Crippen molar-refractivity contribution in [2.75, 3.05) is 0 Å². The number of carboxylic acids is 1. The molecule has 7 nitrogen and oxygen atoms in total. The van der Waals surface area contributed by atoms with Gasteiger partial charge in [-0.3, -0.25) is 0 Å². The highest BCUT2D eigenvalue weighted by Crippen LogP contribution is 2.33. The molecule has 1 heterocycles. The van der Waals surface area contributed by atoms with E-state index < -0.39 is 15.8 Å². The van der Waals surface area contributed by atoms with Crippen molar-refractivity contribution in [1.82, 2.24) is 15.0 Å². The fourth-order valence-corrected chi connectivity index (χ4v) is 4.72. The van der Waals surface area contributed by atoms with Gasteiger partial charge in [0.15, 0.2) is 0 Å². The van der Waals surface area contributed by atoms with Crippen LogP contribution < -0.4 is 0 Å². The number of aromatic carboxylic acids is 1. The van der Waals surface area contributed by atoms with Crippen LogP contribution in [0.2, 0.25) is 10.0 Å². The third kappa shape index (κ3) is 4.05. The largest absolute Gasteiger partial charge is 0.478 e. The lowest BCUT2D eigenvalue weighted by Gasteiger charge is -2.10. The first-order chi connectivity index (χ1) is 14.8. The van der Waals surface area contributed by atoms with E-state index in [1.165, 1.54) is 47.1 Å². The van der Waals surface area contributed by atoms with E-state index in [0.29, 0.717) is 16.3 Å². The van der Waals surface area contributed by atoms with Crippen LogP contribution in [0.3, 0.4) is 0 Å². The molecule has 0 aliphatic rings. The second-order valence-electron chi connectivity index (χ2n) is 6.47. The molecule has 0 fully saturated rings. The van der Waals surface area contributed by atoms with Gasteiger partial charge in [0.05, 0.1) is 16.1 Å². The Morgan fingerprint density at radius 1 is 0.903 bits per heavy atom. The van der Waals surface area contributed by atoms with E-state index in [1.807, 2.05) is 0 Å². The minimum Gasteiger partial charge on any atom is -0.478 e. The van der Waals surface area contributed by atoms with Gasteiger partial charge in [0.25, 0.3) is 0 Å². The summed E-state index contributed by atoms with van der Waals surface area (Å²) in [6.45, 7) is 0. The Kier molecular flexibility index (Phi) is 5.53. The Labute approximate surface area is 187 Å². The second kappa shape index (κ2) is 8.14. The lowest BCUT2D eigenvalue weighted by Crippen LogP contribution is -2.06. The number of carboxylic acid groups (broad SMARTS) is 1. The maximum atomic E-state index is 13.4. The molecule has 0 unspecified atom stereocenters. The topological polar surface area (TPSA) is 102 Å². The molecule has 3 aromatic carbocycles. The fourth-order valence-electron chi connectivity index (χ4n) is 2.97. The van der Waals surface area contributed by atoms with Crippen molar-refractivity contribution in [2.24, 2.45) is 0 Å². The van der Waals surface area contributed by atoms with Crippen molar-refractivity contribution in [3.05, 3.63) is 88.4 Å². The van der Waals surface area contributed by atoms with E-state index in [-0.39, 0.29) is 26.2 Å². The molecule has 1 N–H and O–H groups in total. The van der Waals surface area contributed by atoms with Crippen molar-refractivity contribution in [3.8, 4) is 16.9 Å². The number of benzene rings is 3. The molecule has 0 atom stereocenters. The van der Waals surface area contributed by atoms with Crippen molar-refractivity contribution in [1.29, 1.82) is 0 Å². The first kappa shape index (κ1) is 21.0. The van der Waals surface area contributed by atoms with Crippen LogP contribution in [0.25, 0.3) is 16.9 Å². The Balaban J connectivity index is 1.95. The Morgan fingerprint density at radius 2 is 1.58 bits per heavy atom. The van der Waals surface area contributed by atoms with Gasteiger partial charge in [-0.1, -0.05) is 46.6 Å². The predicted molar refractivity (Wildman–Crippen MR) is 116 cm³/mol. The predicted octanol–water partition coefficient (Wildman–Crippen LogP) is 4.77. The highest BCUT2D eigenvalue weighted by atomic mass is 35.5. The fraction of sp³-hybridized carbons (Fsp3) is 0. The van der Waals surface area contributed by atoms with E-state index in [0.717, 1.165) is 0 Å². The molecule has 0 bridgehead atoms. The molecule has 1 aromatic heterocycles. The number of aromatic nitrogens is 3. The van der Waals surface area contributed by atoms with Gasteiger partial charge in [-0.05, 0) is 54.6 Å². The van der Waals surface area contributed by atoms with Crippen LogP contribution in [0.4, 0.5) is 0 Å². The van der Waals surface area contributed by atoms with Crippen LogP contribution in [0.5, 0.6) is 0 Å². The molecule has 4 aromatic rings. The Hall–Kier alpha value is -3.20. The van der Waals surface area contributed by atoms with E-state index in [1.54, 1.807) is 30.3 Å². The monoisotopic (exact) mass is 473 g/mol. The standard InChI is InChI=1S/C21H13Cl2N3O4S/c22-15-8-4-13(5-9-15)19-20(31(29,30)18-3-1-2-16(23)12-18)24-25-26(19)17-10-6-14(7-11-17)21(27)28/h1-12H,(H,27,28). The molecule has 0 spiro atoms. The van der Waals surface area contributed by atoms with Crippen molar-refractivity contribution in [3.63, 3.8) is 0 Å². The minimum absolute atomic E-state index is 0.0245. The van der Waals surface area contributed by atoms with E-state index in [4.69, 9.17) is 28.3 Å². The van der Waals surface area contributed by atoms with Crippen molar-refractivity contribution >= 4 is 39.0 Å². The molecule has 0 saturated heterocycles. The third-order valence-electron chi connectivity index (χ3n) is 4.48. The quantitative estimate of drug-likeness (QED) is 0.447. The van der Waals surface area contributed by atoms with E-state index in [2.05, 4.69) is 10.3 Å². The highest BCUT2D eigenvalue weighted by Gasteiger charge is 2.29. The number of carbonyl (C=O) groups is 1. The van der Waals surface area contributed by atoms with Crippen molar-refractivity contribution < 1.29 is 18.3 Å². The van der Waals surface area contributed by atoms with Gasteiger partial charge >= 0.3 is 5.97 Å². The SMILES string of the molecule is O=C(O)c1ccc(-n2nnc(S(=O)(=O)c3cccc(Cl)c3)c2-c2ccc(Cl)cc2)cc1. The maximum Gasteiger partial charge on any atom is 0.335 e. The lowest BCUT2D eigenvalue weighted by atomic mass is 10.1. The maximum absolute atomic E-state index is 13.4. The van der Waals surface area contributed by atoms with Gasteiger partial charge in [0, 0.05) is 15.6 Å². The molecule has 10 heteroatoms. The van der Waals surface area contributed by atoms with E-state index in [9.17, 15) is 13.2 Å². The molecule has 0 radical (unpaired) electrons. The van der Waals surface area contributed by atoms with Crippen molar-refractivity contribution in [2.45, 2.75) is 9.92 Å². The zero-order valence-electron chi connectivity index (χ0n) is 15.6. The minimum atomic E-state index is -4.07. The van der Waals surface area contributed by atoms with Crippen LogP contribution in [0.1, 0.15) is 10.4 Å². The number of halogens is 2. The number of rotatable bonds is 5. The summed E-state index contributed by atoms with van der Waals surface area (Å²) < 4.78 is 28.1. The smallest absolute Gasteiger partial charge is 0.335 e. The summed E-state index contributed by atoms with van der Waals surface area (Å²) in [4.78, 5) is 11.1. The van der Waals surface area contributed by atoms with Gasteiger partial charge < -0.3 is 5.11 Å². The van der Waals surface area contributed by atoms with Crippen LogP contribution in [0, 0.1) is 0 Å². The zero-order chi connectivity index (χ0) is 22.2. The summed E-state index contributed by atoms with van der Waals surface area (Å²) in [6.07, 6.45) is 0. The molecule has 156 valence electrons. The lowest BCUT2D eigenvalue weighted by molar-refractivity contribution is 0.0697. The number of nitrogens with zero attached hydrogens (tertiary/aromatic N) is 3. The number of hydrogen-bond donors (Lipinski definition) is 1. The molecular formula is C21H13Cl2N3O4S. The summed E-state index contributed by atoms with van der Waals surface area (Å²) in [7, 11) is -4.07. The summed E-state index contributed by atoms with van der Waals surface area (Å²) >= 11 is 12.0. The molecule has 0 aliphatic carbocycles. The Bertz CT molecular complexity index is 1380. The van der Waals surface area contributed by atoms with Crippen LogP contribution in [-0.4, -0.2) is 34.5 Å². The van der Waals surface area contributed by atoms with Gasteiger partial charge in [-0.15, -0.1) is 5.10 Å². The normalized spacial score (nSPS) is 11.4. The third-order valence-corrected chi connectivity index (χ3v) is 6.62. The second-order valence-corrected chi connectivity index (χ2v) is 9.21.